The van der Waals surface area contributed by atoms with Gasteiger partial charge in [-0.2, -0.15) is 13.2 Å². The molecule has 2 aromatic carbocycles. The Kier molecular flexibility index (Phi) is 3.39. The first-order valence-corrected chi connectivity index (χ1v) is 6.32. The van der Waals surface area contributed by atoms with Gasteiger partial charge in [0.2, 0.25) is 0 Å². The van der Waals surface area contributed by atoms with Crippen LogP contribution in [0.25, 0.3) is 22.3 Å². The molecule has 0 saturated heterocycles. The minimum Gasteiger partial charge on any atom is -0.306 e. The van der Waals surface area contributed by atoms with Gasteiger partial charge >= 0.3 is 6.18 Å². The van der Waals surface area contributed by atoms with Crippen molar-refractivity contribution in [1.82, 2.24) is 9.97 Å². The minimum atomic E-state index is -4.48. The number of hydrogen-bond donors (Lipinski definition) is 1. The first kappa shape index (κ1) is 15.1. The highest BCUT2D eigenvalue weighted by molar-refractivity contribution is 5.79. The molecule has 3 rings (SSSR count). The summed E-state index contributed by atoms with van der Waals surface area (Å²) in [6.07, 6.45) is -4.48. The lowest BCUT2D eigenvalue weighted by molar-refractivity contribution is -0.137. The standard InChI is InChI=1S/C15H7F5N2O/c16-10-5-9-12(6-11(10)17)21-13(22-14(9)23)7-1-3-8(4-2-7)15(18,19)20/h1-6H,(H,21,22,23). The van der Waals surface area contributed by atoms with Crippen LogP contribution in [0.5, 0.6) is 0 Å². The fraction of sp³-hybridized carbons (Fsp3) is 0.0667. The first-order chi connectivity index (χ1) is 10.8. The Morgan fingerprint density at radius 3 is 2.17 bits per heavy atom. The van der Waals surface area contributed by atoms with E-state index in [1.807, 2.05) is 0 Å². The maximum absolute atomic E-state index is 13.2. The Hall–Kier alpha value is -2.77. The van der Waals surface area contributed by atoms with Gasteiger partial charge in [-0.15, -0.1) is 0 Å². The highest BCUT2D eigenvalue weighted by Gasteiger charge is 2.30. The average molecular weight is 326 g/mol. The molecule has 1 heterocycles. The van der Waals surface area contributed by atoms with Gasteiger partial charge in [-0.1, -0.05) is 12.1 Å². The predicted molar refractivity (Wildman–Crippen MR) is 72.7 cm³/mol. The van der Waals surface area contributed by atoms with Crippen molar-refractivity contribution in [3.05, 3.63) is 63.9 Å². The van der Waals surface area contributed by atoms with Crippen molar-refractivity contribution in [1.29, 1.82) is 0 Å². The maximum Gasteiger partial charge on any atom is 0.416 e. The van der Waals surface area contributed by atoms with Gasteiger partial charge < -0.3 is 4.98 Å². The Labute approximate surface area is 125 Å². The Morgan fingerprint density at radius 2 is 1.57 bits per heavy atom. The summed E-state index contributed by atoms with van der Waals surface area (Å²) in [6.45, 7) is 0. The van der Waals surface area contributed by atoms with Crippen molar-refractivity contribution in [3.63, 3.8) is 0 Å². The number of fused-ring (bicyclic) bond motifs is 1. The zero-order valence-electron chi connectivity index (χ0n) is 11.2. The van der Waals surface area contributed by atoms with Gasteiger partial charge in [-0.3, -0.25) is 4.79 Å². The molecule has 8 heteroatoms. The molecule has 0 bridgehead atoms. The monoisotopic (exact) mass is 326 g/mol. The highest BCUT2D eigenvalue weighted by atomic mass is 19.4. The molecule has 0 atom stereocenters. The van der Waals surface area contributed by atoms with Gasteiger partial charge in [0, 0.05) is 11.6 Å². The summed E-state index contributed by atoms with van der Waals surface area (Å²) in [5.41, 5.74) is -1.45. The predicted octanol–water partition coefficient (Wildman–Crippen LogP) is 3.89. The summed E-state index contributed by atoms with van der Waals surface area (Å²) in [4.78, 5) is 18.2. The molecule has 118 valence electrons. The summed E-state index contributed by atoms with van der Waals surface area (Å²) in [5, 5.41) is -0.153. The van der Waals surface area contributed by atoms with Gasteiger partial charge in [0.25, 0.3) is 5.56 Å². The number of nitrogens with zero attached hydrogens (tertiary/aromatic N) is 1. The van der Waals surface area contributed by atoms with E-state index in [9.17, 15) is 26.7 Å². The number of benzene rings is 2. The quantitative estimate of drug-likeness (QED) is 0.690. The van der Waals surface area contributed by atoms with Crippen molar-refractivity contribution >= 4 is 10.9 Å². The number of H-pyrrole nitrogens is 1. The van der Waals surface area contributed by atoms with E-state index >= 15 is 0 Å². The molecule has 23 heavy (non-hydrogen) atoms. The zero-order chi connectivity index (χ0) is 16.8. The molecule has 0 amide bonds. The molecule has 0 saturated carbocycles. The number of aromatic nitrogens is 2. The topological polar surface area (TPSA) is 45.8 Å². The fourth-order valence-corrected chi connectivity index (χ4v) is 2.09. The third-order valence-corrected chi connectivity index (χ3v) is 3.23. The van der Waals surface area contributed by atoms with Gasteiger partial charge in [0.15, 0.2) is 11.6 Å². The molecule has 0 fully saturated rings. The number of aromatic amines is 1. The summed E-state index contributed by atoms with van der Waals surface area (Å²) in [6, 6.07) is 5.41. The van der Waals surface area contributed by atoms with Crippen LogP contribution in [0.2, 0.25) is 0 Å². The van der Waals surface area contributed by atoms with E-state index in [4.69, 9.17) is 0 Å². The van der Waals surface area contributed by atoms with Crippen LogP contribution in [0.4, 0.5) is 22.0 Å². The van der Waals surface area contributed by atoms with Crippen molar-refractivity contribution in [2.45, 2.75) is 6.18 Å². The molecule has 0 unspecified atom stereocenters. The van der Waals surface area contributed by atoms with E-state index in [2.05, 4.69) is 9.97 Å². The Balaban J connectivity index is 2.13. The summed E-state index contributed by atoms with van der Waals surface area (Å²) >= 11 is 0. The molecular weight excluding hydrogens is 319 g/mol. The van der Waals surface area contributed by atoms with E-state index in [1.165, 1.54) is 0 Å². The van der Waals surface area contributed by atoms with Crippen LogP contribution in [0.1, 0.15) is 5.56 Å². The molecule has 1 aromatic heterocycles. The van der Waals surface area contributed by atoms with Crippen LogP contribution >= 0.6 is 0 Å². The number of nitrogens with one attached hydrogen (secondary N) is 1. The lowest BCUT2D eigenvalue weighted by atomic mass is 10.1. The fourth-order valence-electron chi connectivity index (χ4n) is 2.09. The molecule has 0 radical (unpaired) electrons. The SMILES string of the molecule is O=c1[nH]c(-c2ccc(C(F)(F)F)cc2)nc2cc(F)c(F)cc12. The molecule has 0 aliphatic rings. The number of halogens is 5. The second kappa shape index (κ2) is 5.15. The van der Waals surface area contributed by atoms with Gasteiger partial charge in [0.05, 0.1) is 16.5 Å². The highest BCUT2D eigenvalue weighted by Crippen LogP contribution is 2.30. The number of alkyl halides is 3. The van der Waals surface area contributed by atoms with Crippen molar-refractivity contribution in [2.24, 2.45) is 0 Å². The van der Waals surface area contributed by atoms with Crippen molar-refractivity contribution in [3.8, 4) is 11.4 Å². The third kappa shape index (κ3) is 2.79. The first-order valence-electron chi connectivity index (χ1n) is 6.32. The Morgan fingerprint density at radius 1 is 0.957 bits per heavy atom. The Bertz CT molecular complexity index is 945. The van der Waals surface area contributed by atoms with Gasteiger partial charge in [-0.05, 0) is 18.2 Å². The molecule has 3 aromatic rings. The smallest absolute Gasteiger partial charge is 0.306 e. The minimum absolute atomic E-state index is 0.0396. The zero-order valence-corrected chi connectivity index (χ0v) is 11.2. The molecule has 1 N–H and O–H groups in total. The molecular formula is C15H7F5N2O. The average Bonchev–Trinajstić information content (AvgIpc) is 2.48. The lowest BCUT2D eigenvalue weighted by Crippen LogP contribution is -2.10. The molecule has 0 spiro atoms. The number of rotatable bonds is 1. The van der Waals surface area contributed by atoms with Crippen molar-refractivity contribution in [2.75, 3.05) is 0 Å². The largest absolute Gasteiger partial charge is 0.416 e. The van der Waals surface area contributed by atoms with E-state index in [0.29, 0.717) is 6.07 Å². The third-order valence-electron chi connectivity index (χ3n) is 3.23. The lowest BCUT2D eigenvalue weighted by Gasteiger charge is -2.08. The van der Waals surface area contributed by atoms with Crippen LogP contribution in [-0.4, -0.2) is 9.97 Å². The van der Waals surface area contributed by atoms with E-state index in [-0.39, 0.29) is 22.3 Å². The van der Waals surface area contributed by atoms with Gasteiger partial charge in [-0.25, -0.2) is 13.8 Å². The maximum atomic E-state index is 13.2. The van der Waals surface area contributed by atoms with E-state index in [1.54, 1.807) is 0 Å². The van der Waals surface area contributed by atoms with Crippen molar-refractivity contribution < 1.29 is 22.0 Å². The summed E-state index contributed by atoms with van der Waals surface area (Å²) in [5.74, 6) is -2.40. The van der Waals surface area contributed by atoms with Crippen LogP contribution in [-0.2, 0) is 6.18 Å². The summed E-state index contributed by atoms with van der Waals surface area (Å²) in [7, 11) is 0. The van der Waals surface area contributed by atoms with Crippen LogP contribution in [0.3, 0.4) is 0 Å². The second-order valence-electron chi connectivity index (χ2n) is 4.77. The summed E-state index contributed by atoms with van der Waals surface area (Å²) < 4.78 is 64.0. The molecule has 0 aliphatic heterocycles. The van der Waals surface area contributed by atoms with Gasteiger partial charge in [0.1, 0.15) is 5.82 Å². The second-order valence-corrected chi connectivity index (χ2v) is 4.77. The van der Waals surface area contributed by atoms with Crippen LogP contribution in [0.15, 0.2) is 41.2 Å². The van der Waals surface area contributed by atoms with E-state index < -0.39 is 28.9 Å². The van der Waals surface area contributed by atoms with Crippen LogP contribution < -0.4 is 5.56 Å². The molecule has 3 nitrogen and oxygen atoms in total. The van der Waals surface area contributed by atoms with Crippen LogP contribution in [0, 0.1) is 11.6 Å². The van der Waals surface area contributed by atoms with E-state index in [0.717, 1.165) is 30.3 Å². The normalized spacial score (nSPS) is 11.9. The molecule has 0 aliphatic carbocycles. The number of hydrogen-bond acceptors (Lipinski definition) is 2.